The van der Waals surface area contributed by atoms with Crippen molar-refractivity contribution in [3.05, 3.63) is 47.2 Å². The van der Waals surface area contributed by atoms with Crippen LogP contribution in [-0.4, -0.2) is 15.0 Å². The second-order valence-electron chi connectivity index (χ2n) is 4.86. The minimum atomic E-state index is 0.726. The van der Waals surface area contributed by atoms with E-state index in [0.717, 1.165) is 22.8 Å². The molecule has 4 heteroatoms. The van der Waals surface area contributed by atoms with Crippen LogP contribution in [0.5, 0.6) is 0 Å². The van der Waals surface area contributed by atoms with Crippen molar-refractivity contribution in [2.24, 2.45) is 0 Å². The monoisotopic (exact) mass is 252 g/mol. The fraction of sp³-hybridized carbons (Fsp3) is 0.200. The van der Waals surface area contributed by atoms with Crippen molar-refractivity contribution in [1.29, 1.82) is 0 Å². The topological polar surface area (TPSA) is 53.6 Å². The number of pyridine rings is 1. The molecule has 96 valence electrons. The Bertz CT molecular complexity index is 687. The molecule has 0 unspecified atom stereocenters. The van der Waals surface area contributed by atoms with E-state index in [1.54, 1.807) is 6.20 Å². The van der Waals surface area contributed by atoms with E-state index in [0.29, 0.717) is 0 Å². The molecule has 0 bridgehead atoms. The maximum absolute atomic E-state index is 4.43. The Hall–Kier alpha value is -2.36. The molecule has 0 radical (unpaired) electrons. The van der Waals surface area contributed by atoms with Crippen LogP contribution in [0.4, 0.5) is 11.6 Å². The number of nitrogens with one attached hydrogen (secondary N) is 2. The predicted octanol–water partition coefficient (Wildman–Crippen LogP) is 3.63. The zero-order valence-corrected chi connectivity index (χ0v) is 11.3. The molecule has 2 aromatic heterocycles. The summed E-state index contributed by atoms with van der Waals surface area (Å²) in [5.41, 5.74) is 6.47. The van der Waals surface area contributed by atoms with Gasteiger partial charge in [0.15, 0.2) is 5.65 Å². The molecule has 3 rings (SSSR count). The van der Waals surface area contributed by atoms with Crippen LogP contribution >= 0.6 is 0 Å². The summed E-state index contributed by atoms with van der Waals surface area (Å²) in [4.78, 5) is 11.9. The van der Waals surface area contributed by atoms with Crippen LogP contribution in [0.1, 0.15) is 16.7 Å². The average Bonchev–Trinajstić information content (AvgIpc) is 2.76. The number of aryl methyl sites for hydroxylation is 3. The third kappa shape index (κ3) is 2.17. The smallest absolute Gasteiger partial charge is 0.207 e. The van der Waals surface area contributed by atoms with Crippen LogP contribution in [0.2, 0.25) is 0 Å². The molecule has 0 aliphatic rings. The molecule has 2 N–H and O–H groups in total. The van der Waals surface area contributed by atoms with Crippen LogP contribution in [0, 0.1) is 20.8 Å². The van der Waals surface area contributed by atoms with E-state index in [1.165, 1.54) is 16.7 Å². The Morgan fingerprint density at radius 3 is 2.53 bits per heavy atom. The third-order valence-corrected chi connectivity index (χ3v) is 3.18. The molecule has 0 fully saturated rings. The van der Waals surface area contributed by atoms with Crippen LogP contribution in [0.25, 0.3) is 11.2 Å². The highest BCUT2D eigenvalue weighted by molar-refractivity contribution is 5.75. The molecule has 19 heavy (non-hydrogen) atoms. The van der Waals surface area contributed by atoms with Crippen LogP contribution < -0.4 is 5.32 Å². The fourth-order valence-corrected chi connectivity index (χ4v) is 2.40. The van der Waals surface area contributed by atoms with Gasteiger partial charge in [0.2, 0.25) is 5.95 Å². The summed E-state index contributed by atoms with van der Waals surface area (Å²) in [6.07, 6.45) is 1.75. The Morgan fingerprint density at radius 1 is 1.11 bits per heavy atom. The number of aromatic amines is 1. The molecule has 4 nitrogen and oxygen atoms in total. The van der Waals surface area contributed by atoms with Crippen molar-refractivity contribution in [3.8, 4) is 0 Å². The third-order valence-electron chi connectivity index (χ3n) is 3.18. The van der Waals surface area contributed by atoms with Crippen molar-refractivity contribution in [2.45, 2.75) is 20.8 Å². The maximum Gasteiger partial charge on any atom is 0.207 e. The quantitative estimate of drug-likeness (QED) is 0.732. The van der Waals surface area contributed by atoms with E-state index < -0.39 is 0 Å². The van der Waals surface area contributed by atoms with Gasteiger partial charge in [0, 0.05) is 11.9 Å². The molecule has 3 aromatic rings. The minimum Gasteiger partial charge on any atom is -0.325 e. The summed E-state index contributed by atoms with van der Waals surface area (Å²) in [5, 5.41) is 3.35. The van der Waals surface area contributed by atoms with Crippen molar-refractivity contribution in [1.82, 2.24) is 15.0 Å². The van der Waals surface area contributed by atoms with Crippen LogP contribution in [0.3, 0.4) is 0 Å². The summed E-state index contributed by atoms with van der Waals surface area (Å²) < 4.78 is 0. The lowest BCUT2D eigenvalue weighted by Gasteiger charge is -2.11. The molecule has 0 aliphatic heterocycles. The van der Waals surface area contributed by atoms with Gasteiger partial charge in [0.25, 0.3) is 0 Å². The Balaban J connectivity index is 2.01. The summed E-state index contributed by atoms with van der Waals surface area (Å²) in [7, 11) is 0. The van der Waals surface area contributed by atoms with Gasteiger partial charge in [0.05, 0.1) is 5.52 Å². The predicted molar refractivity (Wildman–Crippen MR) is 77.8 cm³/mol. The lowest BCUT2D eigenvalue weighted by molar-refractivity contribution is 1.25. The van der Waals surface area contributed by atoms with Gasteiger partial charge in [-0.1, -0.05) is 17.7 Å². The molecule has 1 aromatic carbocycles. The molecule has 0 amide bonds. The first kappa shape index (κ1) is 11.7. The van der Waals surface area contributed by atoms with E-state index >= 15 is 0 Å². The molecule has 2 heterocycles. The second-order valence-corrected chi connectivity index (χ2v) is 4.86. The molecular formula is C15H16N4. The minimum absolute atomic E-state index is 0.726. The molecule has 0 spiro atoms. The van der Waals surface area contributed by atoms with Crippen LogP contribution in [0.15, 0.2) is 30.5 Å². The van der Waals surface area contributed by atoms with Gasteiger partial charge in [-0.15, -0.1) is 0 Å². The Morgan fingerprint density at radius 2 is 1.84 bits per heavy atom. The Labute approximate surface area is 111 Å². The van der Waals surface area contributed by atoms with Gasteiger partial charge < -0.3 is 10.3 Å². The molecule has 0 saturated heterocycles. The van der Waals surface area contributed by atoms with Gasteiger partial charge in [-0.2, -0.15) is 4.98 Å². The number of benzene rings is 1. The van der Waals surface area contributed by atoms with Crippen LogP contribution in [-0.2, 0) is 0 Å². The van der Waals surface area contributed by atoms with Gasteiger partial charge in [-0.3, -0.25) is 0 Å². The first-order valence-electron chi connectivity index (χ1n) is 6.29. The van der Waals surface area contributed by atoms with Crippen molar-refractivity contribution in [2.75, 3.05) is 5.32 Å². The molecule has 0 saturated carbocycles. The van der Waals surface area contributed by atoms with Gasteiger partial charge >= 0.3 is 0 Å². The standard InChI is InChI=1S/C15H16N4/c1-9-7-10(2)13(11(3)8-9)18-15-17-12-5-4-6-16-14(12)19-15/h4-8H,1-3H3,(H2,16,17,18,19). The number of nitrogens with zero attached hydrogens (tertiary/aromatic N) is 2. The summed E-state index contributed by atoms with van der Waals surface area (Å²) in [5.74, 6) is 0.726. The van der Waals surface area contributed by atoms with Gasteiger partial charge in [-0.25, -0.2) is 4.98 Å². The van der Waals surface area contributed by atoms with E-state index in [4.69, 9.17) is 0 Å². The number of hydrogen-bond acceptors (Lipinski definition) is 3. The second kappa shape index (κ2) is 4.39. The first-order valence-corrected chi connectivity index (χ1v) is 6.29. The maximum atomic E-state index is 4.43. The van der Waals surface area contributed by atoms with Gasteiger partial charge in [0.1, 0.15) is 0 Å². The number of rotatable bonds is 2. The number of H-pyrrole nitrogens is 1. The highest BCUT2D eigenvalue weighted by Crippen LogP contribution is 2.25. The summed E-state index contributed by atoms with van der Waals surface area (Å²) in [6, 6.07) is 8.19. The van der Waals surface area contributed by atoms with E-state index in [1.807, 2.05) is 12.1 Å². The van der Waals surface area contributed by atoms with E-state index in [9.17, 15) is 0 Å². The highest BCUT2D eigenvalue weighted by atomic mass is 15.1. The largest absolute Gasteiger partial charge is 0.325 e. The zero-order valence-electron chi connectivity index (χ0n) is 11.3. The summed E-state index contributed by atoms with van der Waals surface area (Å²) in [6.45, 7) is 6.31. The number of hydrogen-bond donors (Lipinski definition) is 2. The molecule has 0 atom stereocenters. The lowest BCUT2D eigenvalue weighted by Crippen LogP contribution is -1.98. The molecular weight excluding hydrogens is 236 g/mol. The van der Waals surface area contributed by atoms with E-state index in [2.05, 4.69) is 53.2 Å². The SMILES string of the molecule is Cc1cc(C)c(Nc2nc3ncccc3[nH]2)c(C)c1. The number of imidazole rings is 1. The highest BCUT2D eigenvalue weighted by Gasteiger charge is 2.07. The summed E-state index contributed by atoms with van der Waals surface area (Å²) >= 11 is 0. The number of anilines is 2. The lowest BCUT2D eigenvalue weighted by atomic mass is 10.1. The first-order chi connectivity index (χ1) is 9.13. The van der Waals surface area contributed by atoms with Gasteiger partial charge in [-0.05, 0) is 44.0 Å². The van der Waals surface area contributed by atoms with Crippen molar-refractivity contribution in [3.63, 3.8) is 0 Å². The van der Waals surface area contributed by atoms with Crippen molar-refractivity contribution >= 4 is 22.8 Å². The van der Waals surface area contributed by atoms with E-state index in [-0.39, 0.29) is 0 Å². The molecule has 0 aliphatic carbocycles. The van der Waals surface area contributed by atoms with Crippen molar-refractivity contribution < 1.29 is 0 Å². The fourth-order valence-electron chi connectivity index (χ4n) is 2.40. The zero-order chi connectivity index (χ0) is 13.4. The average molecular weight is 252 g/mol. The Kier molecular flexibility index (Phi) is 2.71. The normalized spacial score (nSPS) is 10.9. The number of aromatic nitrogens is 3. The number of fused-ring (bicyclic) bond motifs is 1.